The summed E-state index contributed by atoms with van der Waals surface area (Å²) in [7, 11) is 0. The number of hydrogen-bond acceptors (Lipinski definition) is 3. The van der Waals surface area contributed by atoms with Gasteiger partial charge in [0.15, 0.2) is 0 Å². The first-order valence-corrected chi connectivity index (χ1v) is 6.29. The third-order valence-electron chi connectivity index (χ3n) is 3.34. The van der Waals surface area contributed by atoms with Crippen molar-refractivity contribution in [1.29, 1.82) is 5.26 Å². The van der Waals surface area contributed by atoms with Crippen LogP contribution in [-0.4, -0.2) is 10.1 Å². The Balaban J connectivity index is 2.29. The van der Waals surface area contributed by atoms with Crippen molar-refractivity contribution in [2.45, 2.75) is 6.92 Å². The molecule has 1 aromatic heterocycles. The number of nitrogens with zero attached hydrogens (tertiary/aromatic N) is 2. The molecule has 20 heavy (non-hydrogen) atoms. The standard InChI is InChI=1S/C17H12N2O/c1-11-8-12(6-7-17(11)20)14-9-13-4-2-3-5-15(13)19-16(14)10-18/h2-9,20H,1H3. The van der Waals surface area contributed by atoms with Crippen LogP contribution in [0.3, 0.4) is 0 Å². The van der Waals surface area contributed by atoms with Gasteiger partial charge in [-0.25, -0.2) is 4.98 Å². The van der Waals surface area contributed by atoms with Crippen LogP contribution in [0.15, 0.2) is 48.5 Å². The number of aromatic hydroxyl groups is 1. The molecule has 96 valence electrons. The van der Waals surface area contributed by atoms with E-state index in [4.69, 9.17) is 0 Å². The molecule has 0 atom stereocenters. The lowest BCUT2D eigenvalue weighted by Crippen LogP contribution is -1.91. The van der Waals surface area contributed by atoms with E-state index in [2.05, 4.69) is 11.1 Å². The minimum absolute atomic E-state index is 0.251. The number of nitriles is 1. The molecule has 2 aromatic carbocycles. The summed E-state index contributed by atoms with van der Waals surface area (Å²) in [6.45, 7) is 1.83. The van der Waals surface area contributed by atoms with Gasteiger partial charge in [-0.05, 0) is 42.3 Å². The summed E-state index contributed by atoms with van der Waals surface area (Å²) in [5, 5.41) is 19.9. The number of phenolic OH excluding ortho intramolecular Hbond substituents is 1. The molecule has 3 nitrogen and oxygen atoms in total. The van der Waals surface area contributed by atoms with Crippen molar-refractivity contribution >= 4 is 10.9 Å². The normalized spacial score (nSPS) is 10.4. The lowest BCUT2D eigenvalue weighted by atomic mass is 10.00. The number of rotatable bonds is 1. The van der Waals surface area contributed by atoms with Gasteiger partial charge in [0.2, 0.25) is 0 Å². The van der Waals surface area contributed by atoms with Crippen molar-refractivity contribution in [2.75, 3.05) is 0 Å². The van der Waals surface area contributed by atoms with Gasteiger partial charge in [-0.3, -0.25) is 0 Å². The van der Waals surface area contributed by atoms with Gasteiger partial charge >= 0.3 is 0 Å². The fourth-order valence-corrected chi connectivity index (χ4v) is 2.24. The van der Waals surface area contributed by atoms with Crippen LogP contribution in [0.25, 0.3) is 22.0 Å². The van der Waals surface area contributed by atoms with E-state index in [1.54, 1.807) is 12.1 Å². The lowest BCUT2D eigenvalue weighted by Gasteiger charge is -2.08. The SMILES string of the molecule is Cc1cc(-c2cc3ccccc3nc2C#N)ccc1O. The molecule has 3 rings (SSSR count). The number of phenols is 1. The Morgan fingerprint density at radius 1 is 1.10 bits per heavy atom. The minimum Gasteiger partial charge on any atom is -0.508 e. The van der Waals surface area contributed by atoms with Crippen LogP contribution in [0.2, 0.25) is 0 Å². The second kappa shape index (κ2) is 4.67. The number of para-hydroxylation sites is 1. The first kappa shape index (κ1) is 12.2. The third-order valence-corrected chi connectivity index (χ3v) is 3.34. The van der Waals surface area contributed by atoms with Crippen molar-refractivity contribution in [2.24, 2.45) is 0 Å². The smallest absolute Gasteiger partial charge is 0.149 e. The predicted octanol–water partition coefficient (Wildman–Crippen LogP) is 3.79. The molecule has 0 unspecified atom stereocenters. The van der Waals surface area contributed by atoms with E-state index < -0.39 is 0 Å². The Morgan fingerprint density at radius 2 is 1.90 bits per heavy atom. The minimum atomic E-state index is 0.251. The summed E-state index contributed by atoms with van der Waals surface area (Å²) in [5.41, 5.74) is 3.65. The average Bonchev–Trinajstić information content (AvgIpc) is 2.48. The molecule has 0 amide bonds. The second-order valence-electron chi connectivity index (χ2n) is 4.69. The van der Waals surface area contributed by atoms with Crippen LogP contribution < -0.4 is 0 Å². The molecule has 0 aliphatic carbocycles. The van der Waals surface area contributed by atoms with Gasteiger partial charge in [-0.1, -0.05) is 24.3 Å². The van der Waals surface area contributed by atoms with Crippen LogP contribution in [0, 0.1) is 18.3 Å². The largest absolute Gasteiger partial charge is 0.508 e. The van der Waals surface area contributed by atoms with Gasteiger partial charge in [0, 0.05) is 10.9 Å². The highest BCUT2D eigenvalue weighted by Crippen LogP contribution is 2.29. The molecule has 1 heterocycles. The van der Waals surface area contributed by atoms with Gasteiger partial charge in [0.25, 0.3) is 0 Å². The predicted molar refractivity (Wildman–Crippen MR) is 78.3 cm³/mol. The Labute approximate surface area is 116 Å². The van der Waals surface area contributed by atoms with E-state index in [0.29, 0.717) is 5.69 Å². The summed E-state index contributed by atoms with van der Waals surface area (Å²) in [6, 6.07) is 17.1. The maximum absolute atomic E-state index is 9.61. The van der Waals surface area contributed by atoms with Crippen LogP contribution in [0.4, 0.5) is 0 Å². The van der Waals surface area contributed by atoms with Crippen LogP contribution >= 0.6 is 0 Å². The second-order valence-corrected chi connectivity index (χ2v) is 4.69. The highest BCUT2D eigenvalue weighted by atomic mass is 16.3. The third kappa shape index (κ3) is 1.98. The van der Waals surface area contributed by atoms with Crippen molar-refractivity contribution in [3.05, 3.63) is 59.8 Å². The van der Waals surface area contributed by atoms with Crippen LogP contribution in [-0.2, 0) is 0 Å². The summed E-state index contributed by atoms with van der Waals surface area (Å²) in [4.78, 5) is 4.40. The Hall–Kier alpha value is -2.86. The number of pyridine rings is 1. The molecule has 0 spiro atoms. The highest BCUT2D eigenvalue weighted by Gasteiger charge is 2.09. The Kier molecular flexibility index (Phi) is 2.85. The number of aromatic nitrogens is 1. The number of hydrogen-bond donors (Lipinski definition) is 1. The maximum atomic E-state index is 9.61. The van der Waals surface area contributed by atoms with E-state index >= 15 is 0 Å². The summed E-state index contributed by atoms with van der Waals surface area (Å²) >= 11 is 0. The van der Waals surface area contributed by atoms with Gasteiger partial charge in [0.1, 0.15) is 17.5 Å². The zero-order valence-electron chi connectivity index (χ0n) is 11.0. The van der Waals surface area contributed by atoms with Crippen LogP contribution in [0.1, 0.15) is 11.3 Å². The average molecular weight is 260 g/mol. The molecule has 1 N–H and O–H groups in total. The molecule has 0 saturated carbocycles. The van der Waals surface area contributed by atoms with Crippen molar-refractivity contribution in [3.8, 4) is 22.9 Å². The van der Waals surface area contributed by atoms with Crippen molar-refractivity contribution in [3.63, 3.8) is 0 Å². The van der Waals surface area contributed by atoms with Gasteiger partial charge in [-0.2, -0.15) is 5.26 Å². The lowest BCUT2D eigenvalue weighted by molar-refractivity contribution is 0.471. The Bertz CT molecular complexity index is 847. The van der Waals surface area contributed by atoms with E-state index in [1.807, 2.05) is 43.3 Å². The highest BCUT2D eigenvalue weighted by molar-refractivity contribution is 5.86. The fraction of sp³-hybridized carbons (Fsp3) is 0.0588. The number of benzene rings is 2. The summed E-state index contributed by atoms with van der Waals surface area (Å²) < 4.78 is 0. The zero-order chi connectivity index (χ0) is 14.1. The summed E-state index contributed by atoms with van der Waals surface area (Å²) in [5.74, 6) is 0.251. The quantitative estimate of drug-likeness (QED) is 0.724. The molecule has 0 fully saturated rings. The molecular weight excluding hydrogens is 248 g/mol. The topological polar surface area (TPSA) is 56.9 Å². The Morgan fingerprint density at radius 3 is 2.65 bits per heavy atom. The van der Waals surface area contributed by atoms with E-state index in [9.17, 15) is 10.4 Å². The molecule has 0 saturated heterocycles. The first-order valence-electron chi connectivity index (χ1n) is 6.29. The molecule has 3 heteroatoms. The molecule has 3 aromatic rings. The molecule has 0 aliphatic rings. The van der Waals surface area contributed by atoms with Crippen LogP contribution in [0.5, 0.6) is 5.75 Å². The molecular formula is C17H12N2O. The first-order chi connectivity index (χ1) is 9.69. The van der Waals surface area contributed by atoms with Crippen molar-refractivity contribution in [1.82, 2.24) is 4.98 Å². The van der Waals surface area contributed by atoms with Gasteiger partial charge in [0.05, 0.1) is 5.52 Å². The number of fused-ring (bicyclic) bond motifs is 1. The molecule has 0 aliphatic heterocycles. The van der Waals surface area contributed by atoms with E-state index in [-0.39, 0.29) is 5.75 Å². The maximum Gasteiger partial charge on any atom is 0.149 e. The number of aryl methyl sites for hydroxylation is 1. The zero-order valence-corrected chi connectivity index (χ0v) is 11.0. The van der Waals surface area contributed by atoms with Gasteiger partial charge < -0.3 is 5.11 Å². The fourth-order valence-electron chi connectivity index (χ4n) is 2.24. The van der Waals surface area contributed by atoms with E-state index in [1.165, 1.54) is 0 Å². The monoisotopic (exact) mass is 260 g/mol. The van der Waals surface area contributed by atoms with E-state index in [0.717, 1.165) is 27.6 Å². The van der Waals surface area contributed by atoms with Gasteiger partial charge in [-0.15, -0.1) is 0 Å². The van der Waals surface area contributed by atoms with Crippen molar-refractivity contribution < 1.29 is 5.11 Å². The molecule has 0 bridgehead atoms. The molecule has 0 radical (unpaired) electrons. The summed E-state index contributed by atoms with van der Waals surface area (Å²) in [6.07, 6.45) is 0.